The Hall–Kier alpha value is -1.49. The van der Waals surface area contributed by atoms with Gasteiger partial charge in [0.25, 0.3) is 0 Å². The smallest absolute Gasteiger partial charge is 0.339 e. The largest absolute Gasteiger partial charge is 0.465 e. The molecular weight excluding hydrogens is 428 g/mol. The molecule has 0 aliphatic carbocycles. The summed E-state index contributed by atoms with van der Waals surface area (Å²) >= 11 is 0. The predicted molar refractivity (Wildman–Crippen MR) is 116 cm³/mol. The van der Waals surface area contributed by atoms with Gasteiger partial charge in [0.1, 0.15) is 0 Å². The zero-order valence-electron chi connectivity index (χ0n) is 18.5. The summed E-state index contributed by atoms with van der Waals surface area (Å²) in [6.45, 7) is 8.66. The molecule has 0 N–H and O–H groups in total. The average Bonchev–Trinajstić information content (AvgIpc) is 2.72. The molecule has 8 nitrogen and oxygen atoms in total. The van der Waals surface area contributed by atoms with Gasteiger partial charge in [-0.15, -0.1) is 0 Å². The molecule has 0 radical (unpaired) electrons. The van der Waals surface area contributed by atoms with E-state index in [1.165, 1.54) is 20.7 Å². The number of carbonyl (C=O) groups is 1. The van der Waals surface area contributed by atoms with E-state index in [1.54, 1.807) is 0 Å². The van der Waals surface area contributed by atoms with Crippen molar-refractivity contribution in [2.45, 2.75) is 63.2 Å². The van der Waals surface area contributed by atoms with Crippen molar-refractivity contribution >= 4 is 26.0 Å². The first-order chi connectivity index (χ1) is 14.1. The van der Waals surface area contributed by atoms with E-state index in [0.717, 1.165) is 13.2 Å². The molecule has 1 aromatic rings. The minimum atomic E-state index is -4.09. The summed E-state index contributed by atoms with van der Waals surface area (Å²) < 4.78 is 60.4. The van der Waals surface area contributed by atoms with Crippen molar-refractivity contribution in [1.82, 2.24) is 8.61 Å². The second-order valence-electron chi connectivity index (χ2n) is 6.96. The van der Waals surface area contributed by atoms with Crippen LogP contribution in [0, 0.1) is 0 Å². The molecule has 0 fully saturated rings. The molecule has 10 heteroatoms. The lowest BCUT2D eigenvalue weighted by atomic mass is 10.2. The lowest BCUT2D eigenvalue weighted by Gasteiger charge is -2.24. The summed E-state index contributed by atoms with van der Waals surface area (Å²) in [7, 11) is -6.85. The van der Waals surface area contributed by atoms with Gasteiger partial charge in [-0.25, -0.2) is 21.6 Å². The van der Waals surface area contributed by atoms with Crippen molar-refractivity contribution in [2.75, 3.05) is 33.3 Å². The average molecular weight is 463 g/mol. The van der Waals surface area contributed by atoms with Gasteiger partial charge >= 0.3 is 5.97 Å². The molecule has 0 aliphatic rings. The Morgan fingerprint density at radius 2 is 1.23 bits per heavy atom. The molecule has 0 aromatic heterocycles. The molecule has 0 unspecified atom stereocenters. The topological polar surface area (TPSA) is 101 Å². The van der Waals surface area contributed by atoms with E-state index in [1.807, 2.05) is 27.7 Å². The maximum atomic E-state index is 13.4. The number of hydrogen-bond donors (Lipinski definition) is 0. The number of carbonyl (C=O) groups excluding carboxylic acids is 1. The van der Waals surface area contributed by atoms with E-state index in [4.69, 9.17) is 4.74 Å². The number of nitrogens with zero attached hydrogens (tertiary/aromatic N) is 2. The van der Waals surface area contributed by atoms with Gasteiger partial charge in [-0.2, -0.15) is 8.61 Å². The van der Waals surface area contributed by atoms with Gasteiger partial charge in [0, 0.05) is 26.2 Å². The highest BCUT2D eigenvalue weighted by molar-refractivity contribution is 7.90. The number of hydrogen-bond acceptors (Lipinski definition) is 6. The highest BCUT2D eigenvalue weighted by Crippen LogP contribution is 2.27. The maximum absolute atomic E-state index is 13.4. The SMILES string of the molecule is CCCN(CCC)S(=O)(=O)c1ccc(C(=O)OC)c(S(=O)(=O)N(CCC)CCC)c1. The molecule has 30 heavy (non-hydrogen) atoms. The lowest BCUT2D eigenvalue weighted by molar-refractivity contribution is 0.0596. The van der Waals surface area contributed by atoms with Crippen LogP contribution in [0.15, 0.2) is 28.0 Å². The number of rotatable bonds is 13. The monoisotopic (exact) mass is 462 g/mol. The molecule has 0 amide bonds. The van der Waals surface area contributed by atoms with Crippen molar-refractivity contribution in [2.24, 2.45) is 0 Å². The number of ether oxygens (including phenoxy) is 1. The van der Waals surface area contributed by atoms with E-state index in [-0.39, 0.29) is 28.4 Å². The fourth-order valence-corrected chi connectivity index (χ4v) is 6.70. The van der Waals surface area contributed by atoms with Gasteiger partial charge in [-0.3, -0.25) is 0 Å². The Bertz CT molecular complexity index is 901. The van der Waals surface area contributed by atoms with E-state index in [2.05, 4.69) is 0 Å². The highest BCUT2D eigenvalue weighted by Gasteiger charge is 2.32. The molecule has 1 aromatic carbocycles. The van der Waals surface area contributed by atoms with Crippen LogP contribution in [0.3, 0.4) is 0 Å². The molecule has 1 rings (SSSR count). The maximum Gasteiger partial charge on any atom is 0.339 e. The Labute approximate surface area is 181 Å². The fourth-order valence-electron chi connectivity index (χ4n) is 3.15. The number of methoxy groups -OCH3 is 1. The molecule has 0 spiro atoms. The third kappa shape index (κ3) is 6.03. The minimum absolute atomic E-state index is 0.149. The summed E-state index contributed by atoms with van der Waals surface area (Å²) in [5.74, 6) is -0.829. The van der Waals surface area contributed by atoms with Crippen LogP contribution < -0.4 is 0 Å². The van der Waals surface area contributed by atoms with Crippen LogP contribution >= 0.6 is 0 Å². The van der Waals surface area contributed by atoms with Crippen molar-refractivity contribution in [3.8, 4) is 0 Å². The van der Waals surface area contributed by atoms with Crippen LogP contribution in [-0.4, -0.2) is 64.7 Å². The first kappa shape index (κ1) is 26.5. The lowest BCUT2D eigenvalue weighted by Crippen LogP contribution is -2.35. The third-order valence-electron chi connectivity index (χ3n) is 4.51. The number of sulfonamides is 2. The molecule has 172 valence electrons. The van der Waals surface area contributed by atoms with Crippen molar-refractivity contribution in [1.29, 1.82) is 0 Å². The van der Waals surface area contributed by atoms with Gasteiger partial charge in [0.05, 0.1) is 22.5 Å². The Morgan fingerprint density at radius 1 is 0.800 bits per heavy atom. The summed E-state index contributed by atoms with van der Waals surface area (Å²) in [4.78, 5) is 11.8. The number of esters is 1. The molecular formula is C20H34N2O6S2. The fraction of sp³-hybridized carbons (Fsp3) is 0.650. The van der Waals surface area contributed by atoms with Gasteiger partial charge in [0.2, 0.25) is 20.0 Å². The zero-order valence-corrected chi connectivity index (χ0v) is 20.2. The molecule has 0 aliphatic heterocycles. The summed E-state index contributed by atoms with van der Waals surface area (Å²) in [6, 6.07) is 3.58. The summed E-state index contributed by atoms with van der Waals surface area (Å²) in [5, 5.41) is 0. The van der Waals surface area contributed by atoms with E-state index in [0.29, 0.717) is 38.8 Å². The standard InChI is InChI=1S/C20H34N2O6S2/c1-6-12-21(13-7-2)29(24,25)17-10-11-18(20(23)28-5)19(16-17)30(26,27)22(14-8-3)15-9-4/h10-11,16H,6-9,12-15H2,1-5H3. The third-order valence-corrected chi connectivity index (χ3v) is 8.34. The van der Waals surface area contributed by atoms with Crippen molar-refractivity contribution in [3.63, 3.8) is 0 Å². The predicted octanol–water partition coefficient (Wildman–Crippen LogP) is 3.09. The summed E-state index contributed by atoms with van der Waals surface area (Å²) in [5.41, 5.74) is -0.175. The second kappa shape index (κ2) is 11.8. The zero-order chi connectivity index (χ0) is 22.9. The molecule has 0 saturated carbocycles. The van der Waals surface area contributed by atoms with Crippen LogP contribution in [0.4, 0.5) is 0 Å². The van der Waals surface area contributed by atoms with Crippen LogP contribution in [0.1, 0.15) is 63.7 Å². The van der Waals surface area contributed by atoms with E-state index < -0.39 is 26.0 Å². The number of benzene rings is 1. The quantitative estimate of drug-likeness (QED) is 0.418. The first-order valence-corrected chi connectivity index (χ1v) is 13.2. The van der Waals surface area contributed by atoms with E-state index in [9.17, 15) is 21.6 Å². The first-order valence-electron chi connectivity index (χ1n) is 10.3. The van der Waals surface area contributed by atoms with Gasteiger partial charge in [0.15, 0.2) is 0 Å². The van der Waals surface area contributed by atoms with Gasteiger partial charge < -0.3 is 4.74 Å². The highest BCUT2D eigenvalue weighted by atomic mass is 32.2. The summed E-state index contributed by atoms with van der Waals surface area (Å²) in [6.07, 6.45) is 2.44. The van der Waals surface area contributed by atoms with E-state index >= 15 is 0 Å². The molecule has 0 heterocycles. The Morgan fingerprint density at radius 3 is 1.63 bits per heavy atom. The van der Waals surface area contributed by atoms with Crippen molar-refractivity contribution in [3.05, 3.63) is 23.8 Å². The Balaban J connectivity index is 3.70. The molecule has 0 saturated heterocycles. The van der Waals surface area contributed by atoms with Crippen LogP contribution in [0.25, 0.3) is 0 Å². The normalized spacial score (nSPS) is 12.5. The molecule has 0 atom stereocenters. The Kier molecular flexibility index (Phi) is 10.4. The van der Waals surface area contributed by atoms with Gasteiger partial charge in [-0.1, -0.05) is 27.7 Å². The van der Waals surface area contributed by atoms with Crippen molar-refractivity contribution < 1.29 is 26.4 Å². The van der Waals surface area contributed by atoms with Crippen LogP contribution in [-0.2, 0) is 24.8 Å². The van der Waals surface area contributed by atoms with Gasteiger partial charge in [-0.05, 0) is 43.9 Å². The van der Waals surface area contributed by atoms with Crippen LogP contribution in [0.2, 0.25) is 0 Å². The molecule has 0 bridgehead atoms. The van der Waals surface area contributed by atoms with Crippen LogP contribution in [0.5, 0.6) is 0 Å². The second-order valence-corrected chi connectivity index (χ2v) is 10.8. The minimum Gasteiger partial charge on any atom is -0.465 e.